The van der Waals surface area contributed by atoms with E-state index in [-0.39, 0.29) is 0 Å². The molecule has 0 saturated carbocycles. The number of fused-ring (bicyclic) bond motifs is 1. The van der Waals surface area contributed by atoms with Gasteiger partial charge in [0.25, 0.3) is 0 Å². The number of para-hydroxylation sites is 1. The first-order chi connectivity index (χ1) is 12.5. The van der Waals surface area contributed by atoms with Gasteiger partial charge in [0.05, 0.1) is 19.9 Å². The van der Waals surface area contributed by atoms with E-state index < -0.39 is 0 Å². The minimum atomic E-state index is 0.356. The Morgan fingerprint density at radius 2 is 1.88 bits per heavy atom. The van der Waals surface area contributed by atoms with Crippen LogP contribution in [-0.2, 0) is 0 Å². The van der Waals surface area contributed by atoms with E-state index in [1.54, 1.807) is 41.3 Å². The van der Waals surface area contributed by atoms with Crippen LogP contribution in [-0.4, -0.2) is 24.7 Å². The first kappa shape index (κ1) is 17.0. The molecule has 4 rings (SSSR count). The van der Waals surface area contributed by atoms with E-state index in [9.17, 15) is 0 Å². The van der Waals surface area contributed by atoms with Gasteiger partial charge in [-0.25, -0.2) is 19.6 Å². The van der Waals surface area contributed by atoms with E-state index >= 15 is 0 Å². The summed E-state index contributed by atoms with van der Waals surface area (Å²) < 4.78 is 2.36. The lowest BCUT2D eigenvalue weighted by Gasteiger charge is -2.06. The molecule has 0 fully saturated rings. The molecule has 3 heterocycles. The number of hydrogen-bond donors (Lipinski definition) is 2. The third-order valence-corrected chi connectivity index (χ3v) is 4.79. The molecule has 0 aliphatic heterocycles. The summed E-state index contributed by atoms with van der Waals surface area (Å²) in [6.07, 6.45) is 4.83. The van der Waals surface area contributed by atoms with Gasteiger partial charge in [0, 0.05) is 18.5 Å². The molecule has 4 aromatic rings. The fraction of sp³-hybridized carbons (Fsp3) is 0. The van der Waals surface area contributed by atoms with Crippen molar-refractivity contribution in [3.63, 3.8) is 0 Å². The predicted molar refractivity (Wildman–Crippen MR) is 106 cm³/mol. The van der Waals surface area contributed by atoms with E-state index in [4.69, 9.17) is 28.9 Å². The van der Waals surface area contributed by atoms with E-state index in [1.165, 1.54) is 6.33 Å². The molecule has 0 aliphatic rings. The molecule has 0 amide bonds. The number of nitrogens with zero attached hydrogens (tertiary/aromatic N) is 5. The highest BCUT2D eigenvalue weighted by molar-refractivity contribution is 9.10. The van der Waals surface area contributed by atoms with Crippen molar-refractivity contribution in [2.75, 3.05) is 11.1 Å². The largest absolute Gasteiger partial charge is 0.384 e. The highest BCUT2D eigenvalue weighted by atomic mass is 79.9. The van der Waals surface area contributed by atoms with E-state index in [2.05, 4.69) is 41.3 Å². The number of nitrogens with one attached hydrogen (secondary N) is 1. The van der Waals surface area contributed by atoms with Crippen LogP contribution in [0.15, 0.2) is 47.5 Å². The maximum Gasteiger partial charge on any atom is 0.142 e. The Kier molecular flexibility index (Phi) is 4.39. The SMILES string of the molecule is Nc1cc(Nc2ncc(Br)c3nn(-c4c(Cl)cccc4Cl)cc23)ncn1. The Hall–Kier alpha value is -2.42. The number of anilines is 3. The number of pyridine rings is 1. The summed E-state index contributed by atoms with van der Waals surface area (Å²) in [5.41, 5.74) is 6.99. The minimum Gasteiger partial charge on any atom is -0.384 e. The zero-order chi connectivity index (χ0) is 18.3. The summed E-state index contributed by atoms with van der Waals surface area (Å²) in [7, 11) is 0. The summed E-state index contributed by atoms with van der Waals surface area (Å²) in [6, 6.07) is 6.91. The van der Waals surface area contributed by atoms with Crippen LogP contribution in [0.2, 0.25) is 10.0 Å². The van der Waals surface area contributed by atoms with Crippen molar-refractivity contribution in [1.82, 2.24) is 24.7 Å². The van der Waals surface area contributed by atoms with Gasteiger partial charge in [-0.05, 0) is 28.1 Å². The van der Waals surface area contributed by atoms with Gasteiger partial charge >= 0.3 is 0 Å². The van der Waals surface area contributed by atoms with Crippen molar-refractivity contribution in [3.05, 3.63) is 57.5 Å². The summed E-state index contributed by atoms with van der Waals surface area (Å²) in [6.45, 7) is 0. The molecular weight excluding hydrogens is 441 g/mol. The van der Waals surface area contributed by atoms with E-state index in [0.29, 0.717) is 38.7 Å². The maximum absolute atomic E-state index is 6.30. The molecule has 1 aromatic carbocycles. The maximum atomic E-state index is 6.30. The number of halogens is 3. The molecule has 26 heavy (non-hydrogen) atoms. The normalized spacial score (nSPS) is 11.0. The molecule has 130 valence electrons. The molecule has 0 bridgehead atoms. The molecule has 0 aliphatic carbocycles. The zero-order valence-electron chi connectivity index (χ0n) is 13.0. The quantitative estimate of drug-likeness (QED) is 0.473. The van der Waals surface area contributed by atoms with Crippen molar-refractivity contribution in [2.24, 2.45) is 0 Å². The highest BCUT2D eigenvalue weighted by Gasteiger charge is 2.15. The van der Waals surface area contributed by atoms with Crippen LogP contribution >= 0.6 is 39.1 Å². The highest BCUT2D eigenvalue weighted by Crippen LogP contribution is 2.33. The second-order valence-corrected chi connectivity index (χ2v) is 6.98. The van der Waals surface area contributed by atoms with Crippen molar-refractivity contribution in [1.29, 1.82) is 0 Å². The van der Waals surface area contributed by atoms with Crippen LogP contribution in [0.1, 0.15) is 0 Å². The van der Waals surface area contributed by atoms with Crippen LogP contribution in [0.25, 0.3) is 16.6 Å². The molecular formula is C16H10BrCl2N7. The number of benzene rings is 1. The van der Waals surface area contributed by atoms with Crippen LogP contribution in [0.5, 0.6) is 0 Å². The van der Waals surface area contributed by atoms with Crippen LogP contribution in [0.3, 0.4) is 0 Å². The topological polar surface area (TPSA) is 94.5 Å². The van der Waals surface area contributed by atoms with E-state index in [1.807, 2.05) is 0 Å². The Morgan fingerprint density at radius 1 is 1.12 bits per heavy atom. The van der Waals surface area contributed by atoms with Crippen molar-refractivity contribution >= 4 is 67.5 Å². The molecule has 0 atom stereocenters. The Balaban J connectivity index is 1.86. The molecule has 0 radical (unpaired) electrons. The third kappa shape index (κ3) is 3.07. The van der Waals surface area contributed by atoms with Gasteiger partial charge < -0.3 is 11.1 Å². The number of nitrogen functional groups attached to an aromatic ring is 1. The summed E-state index contributed by atoms with van der Waals surface area (Å²) in [5.74, 6) is 1.45. The first-order valence-corrected chi connectivity index (χ1v) is 8.90. The lowest BCUT2D eigenvalue weighted by atomic mass is 10.3. The average Bonchev–Trinajstić information content (AvgIpc) is 3.03. The van der Waals surface area contributed by atoms with E-state index in [0.717, 1.165) is 9.86 Å². The van der Waals surface area contributed by atoms with Crippen LogP contribution < -0.4 is 11.1 Å². The lowest BCUT2D eigenvalue weighted by molar-refractivity contribution is 0.896. The molecule has 3 aromatic heterocycles. The second kappa shape index (κ2) is 6.71. The summed E-state index contributed by atoms with van der Waals surface area (Å²) >= 11 is 16.1. The lowest BCUT2D eigenvalue weighted by Crippen LogP contribution is -1.99. The molecule has 0 unspecified atom stereocenters. The number of aromatic nitrogens is 5. The Bertz CT molecular complexity index is 1110. The molecule has 3 N–H and O–H groups in total. The van der Waals surface area contributed by atoms with Crippen LogP contribution in [0.4, 0.5) is 17.5 Å². The number of rotatable bonds is 3. The second-order valence-electron chi connectivity index (χ2n) is 5.31. The van der Waals surface area contributed by atoms with Gasteiger partial charge in [0.2, 0.25) is 0 Å². The van der Waals surface area contributed by atoms with Gasteiger partial charge in [-0.1, -0.05) is 29.3 Å². The van der Waals surface area contributed by atoms with Crippen LogP contribution in [0, 0.1) is 0 Å². The number of hydrogen-bond acceptors (Lipinski definition) is 6. The molecule has 7 nitrogen and oxygen atoms in total. The minimum absolute atomic E-state index is 0.356. The fourth-order valence-corrected chi connectivity index (χ4v) is 3.43. The standard InChI is InChI=1S/C16H10BrCl2N7/c17-9-5-21-16(24-13-4-12(20)22-7-23-13)8-6-26(25-14(8)9)15-10(18)2-1-3-11(15)19/h1-7H,(H3,20,21,22,23,24). The average molecular weight is 451 g/mol. The summed E-state index contributed by atoms with van der Waals surface area (Å²) in [5, 5.41) is 9.46. The fourth-order valence-electron chi connectivity index (χ4n) is 2.46. The van der Waals surface area contributed by atoms with Gasteiger partial charge in [-0.2, -0.15) is 5.10 Å². The number of nitrogens with two attached hydrogens (primary N) is 1. The summed E-state index contributed by atoms with van der Waals surface area (Å²) in [4.78, 5) is 12.4. The van der Waals surface area contributed by atoms with Gasteiger partial charge in [-0.15, -0.1) is 0 Å². The van der Waals surface area contributed by atoms with Crippen molar-refractivity contribution in [3.8, 4) is 5.69 Å². The third-order valence-electron chi connectivity index (χ3n) is 3.60. The van der Waals surface area contributed by atoms with Crippen molar-refractivity contribution in [2.45, 2.75) is 0 Å². The van der Waals surface area contributed by atoms with Crippen molar-refractivity contribution < 1.29 is 0 Å². The first-order valence-electron chi connectivity index (χ1n) is 7.36. The van der Waals surface area contributed by atoms with Gasteiger partial charge in [-0.3, -0.25) is 0 Å². The molecule has 0 spiro atoms. The Labute approximate surface area is 166 Å². The Morgan fingerprint density at radius 3 is 2.62 bits per heavy atom. The molecule has 0 saturated heterocycles. The van der Waals surface area contributed by atoms with Gasteiger partial charge in [0.15, 0.2) is 0 Å². The smallest absolute Gasteiger partial charge is 0.142 e. The monoisotopic (exact) mass is 449 g/mol. The van der Waals surface area contributed by atoms with Gasteiger partial charge in [0.1, 0.15) is 35.0 Å². The zero-order valence-corrected chi connectivity index (χ0v) is 16.1. The predicted octanol–water partition coefficient (Wildman–Crippen LogP) is 4.61. The molecule has 10 heteroatoms.